The largest absolute Gasteiger partial charge is 0.465 e. The first kappa shape index (κ1) is 92.2. The monoisotopic (exact) mass is 1800 g/mol. The molecule has 0 radical (unpaired) electrons. The summed E-state index contributed by atoms with van der Waals surface area (Å²) >= 11 is 0. The lowest BCUT2D eigenvalue weighted by molar-refractivity contribution is -0.116. The maximum Gasteiger partial charge on any atom is 0.405 e. The highest BCUT2D eigenvalue weighted by Gasteiger charge is 2.41. The fraction of sp³-hybridized carbons (Fsp3) is 0.225. The Kier molecular flexibility index (Phi) is 27.5. The zero-order chi connectivity index (χ0) is 93.3. The number of aromatic nitrogens is 8. The van der Waals surface area contributed by atoms with Crippen molar-refractivity contribution in [1.29, 1.82) is 0 Å². The zero-order valence-electron chi connectivity index (χ0n) is 70.3. The number of anilines is 18. The van der Waals surface area contributed by atoms with Crippen LogP contribution in [-0.2, 0) is 37.5 Å². The fourth-order valence-corrected chi connectivity index (χ4v) is 13.4. The average molecular weight is 1800 g/mol. The van der Waals surface area contributed by atoms with E-state index < -0.39 is 68.9 Å². The number of hydrogen-bond donors (Lipinski definition) is 6. The van der Waals surface area contributed by atoms with Crippen molar-refractivity contribution in [3.8, 4) is 0 Å². The van der Waals surface area contributed by atoms with Crippen molar-refractivity contribution >= 4 is 134 Å². The number of nitrogens with zero attached hydrogens (tertiary/aromatic N) is 17. The molecule has 8 aromatic carbocycles. The lowest BCUT2D eigenvalue weighted by Gasteiger charge is -2.36. The number of urea groups is 4. The third-order valence-electron chi connectivity index (χ3n) is 20.1. The summed E-state index contributed by atoms with van der Waals surface area (Å²) in [6.45, 7) is 3.13. The van der Waals surface area contributed by atoms with Crippen LogP contribution in [-0.4, -0.2) is 147 Å². The SMILES string of the molecule is COC(=O)c1ccc(N2C(=O)N(c3ccc(C)cc3)Cc3cnc(NCC(F)(F)F)nc32)cc1.Cc1ccc(N2Cc3cnc(NCC(F)(F)F)nc3N(c3ccc(CO)cc3)C2=O)cc1.Cc1ccc(N2Cc3cnc(NCC(F)(F)F)nc3N(c3ccc(N(C)C)cc3)C2=O)cc1.Cc1ccc(N2Cc3cnc(NCC(F)(F)F)nc3N(c3ccc(N)cc3)C2=O)cc1. The van der Waals surface area contributed by atoms with E-state index in [0.29, 0.717) is 79.0 Å². The number of nitrogens with two attached hydrogens (primary N) is 1. The molecule has 8 heterocycles. The molecule has 674 valence electrons. The van der Waals surface area contributed by atoms with Crippen molar-refractivity contribution in [3.63, 3.8) is 0 Å². The molecule has 0 atom stereocenters. The Labute approximate surface area is 735 Å². The van der Waals surface area contributed by atoms with Gasteiger partial charge in [-0.2, -0.15) is 72.6 Å². The van der Waals surface area contributed by atoms with Crippen molar-refractivity contribution in [2.24, 2.45) is 0 Å². The number of fused-ring (bicyclic) bond motifs is 4. The lowest BCUT2D eigenvalue weighted by atomic mass is 10.1. The van der Waals surface area contributed by atoms with Crippen LogP contribution in [0.15, 0.2) is 219 Å². The Morgan fingerprint density at radius 3 is 0.831 bits per heavy atom. The van der Waals surface area contributed by atoms with E-state index in [0.717, 1.165) is 27.9 Å². The molecule has 0 bridgehead atoms. The molecule has 0 saturated carbocycles. The van der Waals surface area contributed by atoms with E-state index in [-0.39, 0.29) is 97.5 Å². The number of nitrogens with one attached hydrogen (secondary N) is 4. The average Bonchev–Trinajstić information content (AvgIpc) is 0.771. The minimum Gasteiger partial charge on any atom is -0.465 e. The predicted octanol–water partition coefficient (Wildman–Crippen LogP) is 19.1. The van der Waals surface area contributed by atoms with Gasteiger partial charge in [-0.3, -0.25) is 19.6 Å². The van der Waals surface area contributed by atoms with Crippen molar-refractivity contribution in [2.75, 3.05) is 118 Å². The molecular formula is C89H82F12N22O7. The summed E-state index contributed by atoms with van der Waals surface area (Å²) in [7, 11) is 5.06. The number of carbonyl (C=O) groups excluding carboxylic acids is 5. The first-order valence-electron chi connectivity index (χ1n) is 39.6. The Hall–Kier alpha value is -15.5. The van der Waals surface area contributed by atoms with Gasteiger partial charge in [-0.1, -0.05) is 82.9 Å². The van der Waals surface area contributed by atoms with Gasteiger partial charge in [-0.25, -0.2) is 63.5 Å². The highest BCUT2D eigenvalue weighted by molar-refractivity contribution is 6.13. The van der Waals surface area contributed by atoms with Crippen molar-refractivity contribution in [2.45, 2.75) is 85.2 Å². The molecule has 16 rings (SSSR count). The first-order chi connectivity index (χ1) is 61.7. The van der Waals surface area contributed by atoms with Gasteiger partial charge >= 0.3 is 54.8 Å². The van der Waals surface area contributed by atoms with E-state index in [1.54, 1.807) is 87.5 Å². The van der Waals surface area contributed by atoms with Crippen LogP contribution < -0.4 is 71.1 Å². The van der Waals surface area contributed by atoms with Crippen LogP contribution in [0, 0.1) is 27.7 Å². The van der Waals surface area contributed by atoms with Crippen LogP contribution in [0.1, 0.15) is 60.4 Å². The summed E-state index contributed by atoms with van der Waals surface area (Å²) in [5, 5.41) is 18.0. The smallest absolute Gasteiger partial charge is 0.405 e. The molecule has 0 saturated heterocycles. The Balaban J connectivity index is 0.000000148. The molecule has 41 heteroatoms. The van der Waals surface area contributed by atoms with Gasteiger partial charge in [0, 0.05) is 95.3 Å². The third-order valence-corrected chi connectivity index (χ3v) is 20.1. The Bertz CT molecular complexity index is 6050. The molecule has 0 aliphatic carbocycles. The topological polar surface area (TPSA) is 321 Å². The maximum absolute atomic E-state index is 13.6. The second-order valence-electron chi connectivity index (χ2n) is 30.1. The van der Waals surface area contributed by atoms with Gasteiger partial charge in [-0.15, -0.1) is 0 Å². The number of esters is 1. The van der Waals surface area contributed by atoms with Gasteiger partial charge in [0.25, 0.3) is 0 Å². The molecule has 8 amide bonds. The minimum absolute atomic E-state index is 0.132. The van der Waals surface area contributed by atoms with Crippen LogP contribution >= 0.6 is 0 Å². The quantitative estimate of drug-likeness (QED) is 0.0249. The van der Waals surface area contributed by atoms with Gasteiger partial charge in [0.15, 0.2) is 23.3 Å². The molecule has 0 unspecified atom stereocenters. The molecular weight excluding hydrogens is 1720 g/mol. The number of aliphatic hydroxyl groups is 1. The molecule has 0 spiro atoms. The number of aryl methyl sites for hydroxylation is 4. The van der Waals surface area contributed by atoms with Crippen LogP contribution in [0.3, 0.4) is 0 Å². The minimum atomic E-state index is -4.46. The third kappa shape index (κ3) is 22.7. The van der Waals surface area contributed by atoms with Crippen molar-refractivity contribution < 1.29 is 86.5 Å². The van der Waals surface area contributed by atoms with Gasteiger partial charge in [0.2, 0.25) is 23.8 Å². The van der Waals surface area contributed by atoms with Crippen molar-refractivity contribution in [3.05, 3.63) is 275 Å². The van der Waals surface area contributed by atoms with E-state index >= 15 is 0 Å². The second-order valence-corrected chi connectivity index (χ2v) is 30.1. The van der Waals surface area contributed by atoms with E-state index in [2.05, 4.69) is 61.1 Å². The van der Waals surface area contributed by atoms with E-state index in [4.69, 9.17) is 10.5 Å². The van der Waals surface area contributed by atoms with E-state index in [9.17, 15) is 81.8 Å². The van der Waals surface area contributed by atoms with E-state index in [1.165, 1.54) is 80.7 Å². The Morgan fingerprint density at radius 2 is 0.600 bits per heavy atom. The van der Waals surface area contributed by atoms with Gasteiger partial charge in [-0.05, 0) is 167 Å². The van der Waals surface area contributed by atoms with E-state index in [1.807, 2.05) is 144 Å². The lowest BCUT2D eigenvalue weighted by Crippen LogP contribution is -2.45. The number of aliphatic hydroxyl groups excluding tert-OH is 1. The highest BCUT2D eigenvalue weighted by atomic mass is 19.4. The number of carbonyl (C=O) groups is 5. The van der Waals surface area contributed by atoms with Gasteiger partial charge in [0.05, 0.1) is 68.2 Å². The molecule has 4 aromatic heterocycles. The van der Waals surface area contributed by atoms with Crippen LogP contribution in [0.2, 0.25) is 0 Å². The summed E-state index contributed by atoms with van der Waals surface area (Å²) in [6, 6.07) is 54.7. The summed E-state index contributed by atoms with van der Waals surface area (Å²) in [5.41, 5.74) is 19.2. The van der Waals surface area contributed by atoms with Crippen molar-refractivity contribution in [1.82, 2.24) is 39.9 Å². The number of alkyl halides is 12. The number of nitrogen functional groups attached to an aromatic ring is 1. The highest BCUT2D eigenvalue weighted by Crippen LogP contribution is 2.43. The molecule has 7 N–H and O–H groups in total. The standard InChI is InChI=1S/C23H23F3N6O.C23H20F3N5O3.C22H20F3N5O2.C21H19F3N6O/c1-15-4-6-18(7-5-15)31-13-16-12-27-21(28-14-23(24,25)26)29-20(16)32(22(31)33)19-10-8-17(9-11-19)30(2)3;1-14-3-7-17(8-4-14)30-12-16-11-27-21(28-13-23(24,25)26)29-19(16)31(22(30)33)18-9-5-15(6-10-18)20(32)34-2;1-14-2-6-17(7-3-14)29-11-16-10-26-20(27-13-22(23,24)25)28-19(16)30(21(29)32)18-8-4-15(12-31)5-9-18;1-13-2-6-16(7-3-13)29-11-14-10-26-19(27-12-21(22,23)24)28-18(14)30(20(29)31)17-8-4-15(25)5-9-17/h4-12H,13-14H2,1-3H3,(H,27,28,29);3-11H,12-13H2,1-2H3,(H,27,28,29);2-10,31H,11-13H2,1H3,(H,26,27,28);2-10H,11-12,25H2,1H3,(H,26,27,28). The number of halogens is 12. The molecule has 29 nitrogen and oxygen atoms in total. The molecule has 130 heavy (non-hydrogen) atoms. The van der Waals surface area contributed by atoms with Gasteiger partial charge < -0.3 is 41.7 Å². The van der Waals surface area contributed by atoms with Crippen LogP contribution in [0.5, 0.6) is 0 Å². The molecule has 4 aliphatic heterocycles. The van der Waals surface area contributed by atoms with Crippen LogP contribution in [0.25, 0.3) is 0 Å². The molecule has 4 aliphatic rings. The maximum atomic E-state index is 13.6. The number of rotatable bonds is 19. The summed E-state index contributed by atoms with van der Waals surface area (Å²) < 4.78 is 156. The number of amides is 8. The number of methoxy groups -OCH3 is 1. The summed E-state index contributed by atoms with van der Waals surface area (Å²) in [6.07, 6.45) is -12.0. The number of ether oxygens (including phenoxy) is 1. The second kappa shape index (κ2) is 38.8. The first-order valence-corrected chi connectivity index (χ1v) is 39.6. The zero-order valence-corrected chi connectivity index (χ0v) is 70.3. The van der Waals surface area contributed by atoms with Crippen LogP contribution in [0.4, 0.5) is 176 Å². The predicted molar refractivity (Wildman–Crippen MR) is 468 cm³/mol. The Morgan fingerprint density at radius 1 is 0.369 bits per heavy atom. The molecule has 12 aromatic rings. The number of hydrogen-bond acceptors (Lipinski definition) is 21. The fourth-order valence-electron chi connectivity index (χ4n) is 13.4. The van der Waals surface area contributed by atoms with Gasteiger partial charge in [0.1, 0.15) is 26.2 Å². The summed E-state index contributed by atoms with van der Waals surface area (Å²) in [5.74, 6) is -0.615. The molecule has 0 fully saturated rings. The normalized spacial score (nSPS) is 13.7. The summed E-state index contributed by atoms with van der Waals surface area (Å²) in [4.78, 5) is 112. The number of benzene rings is 8.